The molecule has 0 unspecified atom stereocenters. The van der Waals surface area contributed by atoms with Crippen LogP contribution in [0.15, 0.2) is 121 Å². The van der Waals surface area contributed by atoms with Crippen molar-refractivity contribution in [1.29, 1.82) is 0 Å². The van der Waals surface area contributed by atoms with Gasteiger partial charge in [0.15, 0.2) is 11.6 Å². The molecule has 0 spiro atoms. The smallest absolute Gasteiger partial charge is 0.208 e. The van der Waals surface area contributed by atoms with Crippen LogP contribution in [0.4, 0.5) is 0 Å². The first kappa shape index (κ1) is 22.8. The van der Waals surface area contributed by atoms with Gasteiger partial charge in [-0.2, -0.15) is 9.97 Å². The van der Waals surface area contributed by atoms with Gasteiger partial charge < -0.3 is 0 Å². The minimum atomic E-state index is 0.188. The first-order valence-corrected chi connectivity index (χ1v) is 13.5. The van der Waals surface area contributed by atoms with Gasteiger partial charge in [-0.05, 0) is 52.1 Å². The van der Waals surface area contributed by atoms with E-state index in [0.717, 1.165) is 15.8 Å². The fraction of sp³-hybridized carbons (Fsp3) is 0. The molecule has 0 amide bonds. The zero-order chi connectivity index (χ0) is 25.5. The molecule has 2 heterocycles. The van der Waals surface area contributed by atoms with E-state index in [1.54, 1.807) is 11.3 Å². The highest BCUT2D eigenvalue weighted by Crippen LogP contribution is 2.41. The van der Waals surface area contributed by atoms with Crippen LogP contribution in [0, 0.1) is 0 Å². The van der Waals surface area contributed by atoms with E-state index in [9.17, 15) is 0 Å². The van der Waals surface area contributed by atoms with Crippen molar-refractivity contribution < 1.29 is 0 Å². The summed E-state index contributed by atoms with van der Waals surface area (Å²) in [6.07, 6.45) is 0. The van der Waals surface area contributed by atoms with Gasteiger partial charge in [0.05, 0.1) is 0 Å². The first-order chi connectivity index (χ1) is 18.7. The predicted octanol–water partition coefficient (Wildman–Crippen LogP) is 9.56. The molecule has 0 saturated heterocycles. The molecule has 0 radical (unpaired) electrons. The van der Waals surface area contributed by atoms with Crippen molar-refractivity contribution in [2.45, 2.75) is 0 Å². The summed E-state index contributed by atoms with van der Waals surface area (Å²) in [6.45, 7) is 0. The highest BCUT2D eigenvalue weighted by Gasteiger charge is 2.15. The summed E-state index contributed by atoms with van der Waals surface area (Å²) in [4.78, 5) is 13.7. The lowest BCUT2D eigenvalue weighted by Gasteiger charge is -2.06. The van der Waals surface area contributed by atoms with Gasteiger partial charge in [0.1, 0.15) is 0 Å². The van der Waals surface area contributed by atoms with E-state index < -0.39 is 0 Å². The molecule has 0 aliphatic heterocycles. The maximum atomic E-state index is 6.37. The Morgan fingerprint density at radius 3 is 1.89 bits per heavy atom. The van der Waals surface area contributed by atoms with Gasteiger partial charge in [0, 0.05) is 31.3 Å². The van der Waals surface area contributed by atoms with Crippen molar-refractivity contribution in [3.63, 3.8) is 0 Å². The number of nitrogens with zero attached hydrogens (tertiary/aromatic N) is 3. The lowest BCUT2D eigenvalue weighted by Crippen LogP contribution is -1.97. The van der Waals surface area contributed by atoms with Crippen LogP contribution in [0.1, 0.15) is 0 Å². The molecule has 180 valence electrons. The highest BCUT2D eigenvalue weighted by molar-refractivity contribution is 7.26. The first-order valence-electron chi connectivity index (χ1n) is 12.3. The van der Waals surface area contributed by atoms with Crippen molar-refractivity contribution in [2.24, 2.45) is 0 Å². The Bertz CT molecular complexity index is 1930. The molecule has 7 rings (SSSR count). The van der Waals surface area contributed by atoms with Crippen LogP contribution < -0.4 is 0 Å². The van der Waals surface area contributed by atoms with Gasteiger partial charge in [0.2, 0.25) is 5.28 Å². The van der Waals surface area contributed by atoms with Gasteiger partial charge >= 0.3 is 0 Å². The molecule has 38 heavy (non-hydrogen) atoms. The van der Waals surface area contributed by atoms with Crippen molar-refractivity contribution >= 4 is 43.1 Å². The molecule has 0 N–H and O–H groups in total. The number of rotatable bonds is 4. The van der Waals surface area contributed by atoms with E-state index in [4.69, 9.17) is 16.6 Å². The normalized spacial score (nSPS) is 11.3. The number of thiophene rings is 1. The SMILES string of the molecule is Clc1nc(-c2ccccc2)nc(-c2cccc3c2sc2cc(-c4cccc(-c5ccccc5)c4)ccc23)n1. The van der Waals surface area contributed by atoms with Crippen LogP contribution in [0.2, 0.25) is 5.28 Å². The van der Waals surface area contributed by atoms with E-state index in [0.29, 0.717) is 11.6 Å². The Kier molecular flexibility index (Phi) is 5.69. The third kappa shape index (κ3) is 4.14. The zero-order valence-corrected chi connectivity index (χ0v) is 21.7. The Morgan fingerprint density at radius 2 is 1.11 bits per heavy atom. The molecule has 0 fully saturated rings. The summed E-state index contributed by atoms with van der Waals surface area (Å²) < 4.78 is 2.36. The number of benzene rings is 5. The molecule has 0 aliphatic carbocycles. The fourth-order valence-electron chi connectivity index (χ4n) is 4.85. The van der Waals surface area contributed by atoms with Gasteiger partial charge in [0.25, 0.3) is 0 Å². The lowest BCUT2D eigenvalue weighted by atomic mass is 9.98. The Labute approximate surface area is 229 Å². The molecular formula is C33H20ClN3S. The van der Waals surface area contributed by atoms with Crippen LogP contribution in [-0.2, 0) is 0 Å². The van der Waals surface area contributed by atoms with Gasteiger partial charge in [-0.3, -0.25) is 0 Å². The topological polar surface area (TPSA) is 38.7 Å². The molecule has 0 bridgehead atoms. The second-order valence-electron chi connectivity index (χ2n) is 9.06. The standard InChI is InChI=1S/C33H20ClN3S/c34-33-36-31(22-11-5-2-6-12-22)35-32(37-33)28-16-8-15-27-26-18-17-25(20-29(26)38-30(27)28)24-14-7-13-23(19-24)21-9-3-1-4-10-21/h1-20H. The Morgan fingerprint density at radius 1 is 0.474 bits per heavy atom. The summed E-state index contributed by atoms with van der Waals surface area (Å²) in [5, 5.41) is 2.59. The third-order valence-corrected chi connectivity index (χ3v) is 8.05. The maximum absolute atomic E-state index is 6.37. The fourth-order valence-corrected chi connectivity index (χ4v) is 6.26. The Hall–Kier alpha value is -4.38. The molecular weight excluding hydrogens is 506 g/mol. The number of aromatic nitrogens is 3. The highest BCUT2D eigenvalue weighted by atomic mass is 35.5. The summed E-state index contributed by atoms with van der Waals surface area (Å²) in [6, 6.07) is 42.0. The van der Waals surface area contributed by atoms with Gasteiger partial charge in [-0.1, -0.05) is 103 Å². The van der Waals surface area contributed by atoms with Gasteiger partial charge in [-0.25, -0.2) is 4.98 Å². The van der Waals surface area contributed by atoms with Crippen molar-refractivity contribution in [3.8, 4) is 45.0 Å². The zero-order valence-electron chi connectivity index (χ0n) is 20.2. The summed E-state index contributed by atoms with van der Waals surface area (Å²) >= 11 is 8.12. The summed E-state index contributed by atoms with van der Waals surface area (Å²) in [5.41, 5.74) is 6.68. The second kappa shape index (κ2) is 9.49. The van der Waals surface area contributed by atoms with Gasteiger partial charge in [-0.15, -0.1) is 11.3 Å². The molecule has 3 nitrogen and oxygen atoms in total. The number of halogens is 1. The van der Waals surface area contributed by atoms with E-state index in [2.05, 4.69) is 94.9 Å². The van der Waals surface area contributed by atoms with Crippen molar-refractivity contribution in [1.82, 2.24) is 15.0 Å². The van der Waals surface area contributed by atoms with Crippen LogP contribution in [0.5, 0.6) is 0 Å². The third-order valence-electron chi connectivity index (χ3n) is 6.68. The summed E-state index contributed by atoms with van der Waals surface area (Å²) in [7, 11) is 0. The van der Waals surface area contributed by atoms with Crippen LogP contribution in [-0.4, -0.2) is 15.0 Å². The quantitative estimate of drug-likeness (QED) is 0.229. The van der Waals surface area contributed by atoms with E-state index in [1.165, 1.54) is 37.7 Å². The van der Waals surface area contributed by atoms with Crippen LogP contribution in [0.3, 0.4) is 0 Å². The molecule has 2 aromatic heterocycles. The average Bonchev–Trinajstić information content (AvgIpc) is 3.36. The number of hydrogen-bond donors (Lipinski definition) is 0. The lowest BCUT2D eigenvalue weighted by molar-refractivity contribution is 1.07. The molecule has 5 aromatic carbocycles. The average molecular weight is 526 g/mol. The predicted molar refractivity (Wildman–Crippen MR) is 159 cm³/mol. The Balaban J connectivity index is 1.34. The minimum absolute atomic E-state index is 0.188. The molecule has 0 atom stereocenters. The number of hydrogen-bond acceptors (Lipinski definition) is 4. The molecule has 5 heteroatoms. The molecule has 0 saturated carbocycles. The van der Waals surface area contributed by atoms with Crippen molar-refractivity contribution in [2.75, 3.05) is 0 Å². The largest absolute Gasteiger partial charge is 0.226 e. The maximum Gasteiger partial charge on any atom is 0.226 e. The van der Waals surface area contributed by atoms with Crippen molar-refractivity contribution in [3.05, 3.63) is 127 Å². The molecule has 0 aliphatic rings. The number of fused-ring (bicyclic) bond motifs is 3. The van der Waals surface area contributed by atoms with E-state index in [-0.39, 0.29) is 5.28 Å². The molecule has 7 aromatic rings. The van der Waals surface area contributed by atoms with E-state index >= 15 is 0 Å². The monoisotopic (exact) mass is 525 g/mol. The minimum Gasteiger partial charge on any atom is -0.208 e. The summed E-state index contributed by atoms with van der Waals surface area (Å²) in [5.74, 6) is 1.15. The second-order valence-corrected chi connectivity index (χ2v) is 10.5. The van der Waals surface area contributed by atoms with Crippen LogP contribution in [0.25, 0.3) is 65.2 Å². The van der Waals surface area contributed by atoms with E-state index in [1.807, 2.05) is 36.4 Å². The van der Waals surface area contributed by atoms with Crippen LogP contribution >= 0.6 is 22.9 Å².